The molecule has 0 rings (SSSR count). The average Bonchev–Trinajstić information content (AvgIpc) is 1.98. The SMILES string of the molecule is CCCCC(C)C(C)CS. The van der Waals surface area contributed by atoms with E-state index in [1.807, 2.05) is 0 Å². The number of rotatable bonds is 5. The van der Waals surface area contributed by atoms with Crippen LogP contribution in [0.2, 0.25) is 0 Å². The Balaban J connectivity index is 3.31. The molecule has 0 spiro atoms. The Kier molecular flexibility index (Phi) is 6.30. The van der Waals surface area contributed by atoms with Gasteiger partial charge in [0.15, 0.2) is 0 Å². The molecule has 0 aliphatic carbocycles. The number of hydrogen-bond acceptors (Lipinski definition) is 1. The lowest BCUT2D eigenvalue weighted by molar-refractivity contribution is 0.387. The molecule has 1 heteroatoms. The highest BCUT2D eigenvalue weighted by atomic mass is 32.1. The summed E-state index contributed by atoms with van der Waals surface area (Å²) in [5.74, 6) is 2.68. The van der Waals surface area contributed by atoms with Crippen LogP contribution in [0.15, 0.2) is 0 Å². The van der Waals surface area contributed by atoms with E-state index in [0.29, 0.717) is 0 Å². The van der Waals surface area contributed by atoms with Crippen molar-refractivity contribution in [2.45, 2.75) is 40.0 Å². The van der Waals surface area contributed by atoms with Crippen molar-refractivity contribution < 1.29 is 0 Å². The van der Waals surface area contributed by atoms with Gasteiger partial charge in [-0.05, 0) is 17.6 Å². The van der Waals surface area contributed by atoms with Crippen LogP contribution in [0.25, 0.3) is 0 Å². The van der Waals surface area contributed by atoms with Gasteiger partial charge in [-0.25, -0.2) is 0 Å². The quantitative estimate of drug-likeness (QED) is 0.586. The first-order valence-corrected chi connectivity index (χ1v) is 4.96. The van der Waals surface area contributed by atoms with Gasteiger partial charge in [-0.1, -0.05) is 40.0 Å². The van der Waals surface area contributed by atoms with Crippen LogP contribution >= 0.6 is 12.6 Å². The lowest BCUT2D eigenvalue weighted by Crippen LogP contribution is -2.08. The van der Waals surface area contributed by atoms with E-state index in [1.54, 1.807) is 0 Å². The standard InChI is InChI=1S/C9H20S/c1-4-5-6-8(2)9(3)7-10/h8-10H,4-7H2,1-3H3. The van der Waals surface area contributed by atoms with Crippen molar-refractivity contribution in [3.8, 4) is 0 Å². The van der Waals surface area contributed by atoms with Crippen LogP contribution in [0.5, 0.6) is 0 Å². The zero-order chi connectivity index (χ0) is 7.98. The molecule has 0 fully saturated rings. The Bertz CT molecular complexity index is 71.1. The fraction of sp³-hybridized carbons (Fsp3) is 1.00. The largest absolute Gasteiger partial charge is 0.179 e. The summed E-state index contributed by atoms with van der Waals surface area (Å²) in [5.41, 5.74) is 0. The third-order valence-electron chi connectivity index (χ3n) is 2.27. The minimum atomic E-state index is 0.787. The minimum Gasteiger partial charge on any atom is -0.179 e. The van der Waals surface area contributed by atoms with Crippen LogP contribution in [0.1, 0.15) is 40.0 Å². The van der Waals surface area contributed by atoms with Gasteiger partial charge in [0.25, 0.3) is 0 Å². The van der Waals surface area contributed by atoms with Gasteiger partial charge in [0, 0.05) is 0 Å². The van der Waals surface area contributed by atoms with Crippen molar-refractivity contribution in [3.05, 3.63) is 0 Å². The summed E-state index contributed by atoms with van der Waals surface area (Å²) >= 11 is 4.28. The number of thiol groups is 1. The Hall–Kier alpha value is 0.350. The zero-order valence-electron chi connectivity index (χ0n) is 7.43. The van der Waals surface area contributed by atoms with Gasteiger partial charge in [-0.15, -0.1) is 0 Å². The number of hydrogen-bond donors (Lipinski definition) is 1. The first kappa shape index (κ1) is 10.3. The first-order valence-electron chi connectivity index (χ1n) is 4.33. The lowest BCUT2D eigenvalue weighted by Gasteiger charge is -2.16. The first-order chi connectivity index (χ1) is 4.72. The molecule has 0 aromatic carbocycles. The fourth-order valence-corrected chi connectivity index (χ4v) is 1.35. The molecule has 62 valence electrons. The molecule has 2 unspecified atom stereocenters. The summed E-state index contributed by atoms with van der Waals surface area (Å²) in [7, 11) is 0. The predicted octanol–water partition coefficient (Wildman–Crippen LogP) is 3.38. The van der Waals surface area contributed by atoms with Crippen molar-refractivity contribution in [3.63, 3.8) is 0 Å². The molecule has 0 aromatic rings. The third kappa shape index (κ3) is 4.21. The molecule has 0 saturated carbocycles. The van der Waals surface area contributed by atoms with Crippen LogP contribution < -0.4 is 0 Å². The van der Waals surface area contributed by atoms with Gasteiger partial charge >= 0.3 is 0 Å². The summed E-state index contributed by atoms with van der Waals surface area (Å²) in [6, 6.07) is 0. The monoisotopic (exact) mass is 160 g/mol. The average molecular weight is 160 g/mol. The zero-order valence-corrected chi connectivity index (χ0v) is 8.32. The Morgan fingerprint density at radius 1 is 1.20 bits per heavy atom. The van der Waals surface area contributed by atoms with Crippen LogP contribution in [0.4, 0.5) is 0 Å². The van der Waals surface area contributed by atoms with E-state index in [4.69, 9.17) is 0 Å². The molecule has 10 heavy (non-hydrogen) atoms. The molecule has 0 aliphatic heterocycles. The van der Waals surface area contributed by atoms with E-state index in [-0.39, 0.29) is 0 Å². The molecular weight excluding hydrogens is 140 g/mol. The Morgan fingerprint density at radius 2 is 1.80 bits per heavy atom. The fourth-order valence-electron chi connectivity index (χ4n) is 0.991. The molecule has 0 aromatic heterocycles. The molecular formula is C9H20S. The maximum Gasteiger partial charge on any atom is -0.00696 e. The molecule has 0 aliphatic rings. The van der Waals surface area contributed by atoms with Gasteiger partial charge in [0.1, 0.15) is 0 Å². The van der Waals surface area contributed by atoms with Crippen LogP contribution in [0, 0.1) is 11.8 Å². The summed E-state index contributed by atoms with van der Waals surface area (Å²) < 4.78 is 0. The van der Waals surface area contributed by atoms with Crippen molar-refractivity contribution in [1.29, 1.82) is 0 Å². The maximum absolute atomic E-state index is 4.28. The molecule has 0 nitrogen and oxygen atoms in total. The second kappa shape index (κ2) is 6.09. The van der Waals surface area contributed by atoms with Gasteiger partial charge in [0.05, 0.1) is 0 Å². The van der Waals surface area contributed by atoms with Crippen LogP contribution in [0.3, 0.4) is 0 Å². The molecule has 0 bridgehead atoms. The molecule has 0 heterocycles. The number of unbranched alkanes of at least 4 members (excludes halogenated alkanes) is 1. The van der Waals surface area contributed by atoms with Gasteiger partial charge < -0.3 is 0 Å². The van der Waals surface area contributed by atoms with E-state index < -0.39 is 0 Å². The van der Waals surface area contributed by atoms with E-state index in [1.165, 1.54) is 19.3 Å². The second-order valence-corrected chi connectivity index (χ2v) is 3.64. The molecule has 0 N–H and O–H groups in total. The summed E-state index contributed by atoms with van der Waals surface area (Å²) in [5, 5.41) is 0. The van der Waals surface area contributed by atoms with Crippen LogP contribution in [-0.2, 0) is 0 Å². The minimum absolute atomic E-state index is 0.787. The third-order valence-corrected chi connectivity index (χ3v) is 2.85. The van der Waals surface area contributed by atoms with E-state index in [9.17, 15) is 0 Å². The van der Waals surface area contributed by atoms with Crippen molar-refractivity contribution in [2.24, 2.45) is 11.8 Å². The predicted molar refractivity (Wildman–Crippen MR) is 51.7 cm³/mol. The smallest absolute Gasteiger partial charge is 0.00696 e. The molecule has 0 saturated heterocycles. The molecule has 0 radical (unpaired) electrons. The van der Waals surface area contributed by atoms with E-state index >= 15 is 0 Å². The molecule has 0 amide bonds. The van der Waals surface area contributed by atoms with E-state index in [2.05, 4.69) is 33.4 Å². The van der Waals surface area contributed by atoms with Crippen molar-refractivity contribution >= 4 is 12.6 Å². The summed E-state index contributed by atoms with van der Waals surface area (Å²) in [6.45, 7) is 6.86. The summed E-state index contributed by atoms with van der Waals surface area (Å²) in [6.07, 6.45) is 4.07. The van der Waals surface area contributed by atoms with Gasteiger partial charge in [-0.3, -0.25) is 0 Å². The highest BCUT2D eigenvalue weighted by Crippen LogP contribution is 2.18. The molecule has 2 atom stereocenters. The summed E-state index contributed by atoms with van der Waals surface area (Å²) in [4.78, 5) is 0. The highest BCUT2D eigenvalue weighted by molar-refractivity contribution is 7.80. The van der Waals surface area contributed by atoms with Crippen molar-refractivity contribution in [1.82, 2.24) is 0 Å². The maximum atomic E-state index is 4.28. The normalized spacial score (nSPS) is 16.8. The Labute approximate surface area is 70.8 Å². The van der Waals surface area contributed by atoms with Crippen LogP contribution in [-0.4, -0.2) is 5.75 Å². The van der Waals surface area contributed by atoms with Crippen molar-refractivity contribution in [2.75, 3.05) is 5.75 Å². The lowest BCUT2D eigenvalue weighted by atomic mass is 9.93. The second-order valence-electron chi connectivity index (χ2n) is 3.28. The Morgan fingerprint density at radius 3 is 2.20 bits per heavy atom. The van der Waals surface area contributed by atoms with Gasteiger partial charge in [0.2, 0.25) is 0 Å². The highest BCUT2D eigenvalue weighted by Gasteiger charge is 2.08. The topological polar surface area (TPSA) is 0 Å². The van der Waals surface area contributed by atoms with Gasteiger partial charge in [-0.2, -0.15) is 12.6 Å². The van der Waals surface area contributed by atoms with E-state index in [0.717, 1.165) is 17.6 Å².